The fourth-order valence-electron chi connectivity index (χ4n) is 2.72. The summed E-state index contributed by atoms with van der Waals surface area (Å²) in [5.41, 5.74) is -0.200. The van der Waals surface area contributed by atoms with Crippen molar-refractivity contribution in [2.24, 2.45) is 4.99 Å². The minimum absolute atomic E-state index is 0.0324. The molecule has 0 unspecified atom stereocenters. The molecule has 1 N–H and O–H groups in total. The van der Waals surface area contributed by atoms with E-state index in [-0.39, 0.29) is 20.8 Å². The van der Waals surface area contributed by atoms with Gasteiger partial charge in [-0.25, -0.2) is 4.99 Å². The van der Waals surface area contributed by atoms with Gasteiger partial charge in [-0.05, 0) is 54.2 Å². The SMILES string of the molecule is O=C1NC(=Nc2cc(C(F)(F)F)ccc2Cl)SC1=Cc1ccc(-c2cccc(Cl)c2)o1. The summed E-state index contributed by atoms with van der Waals surface area (Å²) < 4.78 is 44.5. The maximum Gasteiger partial charge on any atom is 0.416 e. The van der Waals surface area contributed by atoms with Gasteiger partial charge < -0.3 is 9.73 Å². The predicted molar refractivity (Wildman–Crippen MR) is 116 cm³/mol. The van der Waals surface area contributed by atoms with Crippen molar-refractivity contribution in [3.63, 3.8) is 0 Å². The summed E-state index contributed by atoms with van der Waals surface area (Å²) in [6, 6.07) is 13.4. The lowest BCUT2D eigenvalue weighted by atomic mass is 10.2. The van der Waals surface area contributed by atoms with Crippen LogP contribution in [-0.2, 0) is 11.0 Å². The van der Waals surface area contributed by atoms with Crippen LogP contribution in [0.25, 0.3) is 17.4 Å². The van der Waals surface area contributed by atoms with Crippen LogP contribution in [0.15, 0.2) is 68.9 Å². The van der Waals surface area contributed by atoms with Gasteiger partial charge in [-0.3, -0.25) is 4.79 Å². The highest BCUT2D eigenvalue weighted by Gasteiger charge is 2.31. The number of halogens is 5. The lowest BCUT2D eigenvalue weighted by Gasteiger charge is -2.08. The third kappa shape index (κ3) is 4.98. The smallest absolute Gasteiger partial charge is 0.416 e. The molecule has 1 aliphatic rings. The third-order valence-electron chi connectivity index (χ3n) is 4.16. The van der Waals surface area contributed by atoms with Crippen LogP contribution in [0.1, 0.15) is 11.3 Å². The number of amidine groups is 1. The molecule has 0 atom stereocenters. The zero-order valence-electron chi connectivity index (χ0n) is 15.3. The number of hydrogen-bond acceptors (Lipinski definition) is 4. The number of carbonyl (C=O) groups excluding carboxylic acids is 1. The average Bonchev–Trinajstić information content (AvgIpc) is 3.30. The predicted octanol–water partition coefficient (Wildman–Crippen LogP) is 7.16. The summed E-state index contributed by atoms with van der Waals surface area (Å²) in [5.74, 6) is 0.543. The van der Waals surface area contributed by atoms with E-state index in [4.69, 9.17) is 27.6 Å². The molecule has 4 rings (SSSR count). The molecule has 0 saturated carbocycles. The van der Waals surface area contributed by atoms with Crippen molar-refractivity contribution in [2.45, 2.75) is 6.18 Å². The highest BCUT2D eigenvalue weighted by molar-refractivity contribution is 8.18. The van der Waals surface area contributed by atoms with E-state index in [1.54, 1.807) is 30.3 Å². The second-order valence-electron chi connectivity index (χ2n) is 6.36. The van der Waals surface area contributed by atoms with Gasteiger partial charge in [0.1, 0.15) is 11.5 Å². The number of carbonyl (C=O) groups is 1. The van der Waals surface area contributed by atoms with Crippen LogP contribution < -0.4 is 5.32 Å². The Kier molecular flexibility index (Phi) is 5.88. The van der Waals surface area contributed by atoms with E-state index < -0.39 is 17.6 Å². The first-order valence-corrected chi connectivity index (χ1v) is 10.3. The Balaban J connectivity index is 1.57. The van der Waals surface area contributed by atoms with Crippen molar-refractivity contribution >= 4 is 57.8 Å². The van der Waals surface area contributed by atoms with Crippen molar-refractivity contribution in [3.05, 3.63) is 80.9 Å². The van der Waals surface area contributed by atoms with Crippen molar-refractivity contribution in [3.8, 4) is 11.3 Å². The molecule has 2 heterocycles. The van der Waals surface area contributed by atoms with E-state index in [2.05, 4.69) is 10.3 Å². The monoisotopic (exact) mass is 482 g/mol. The van der Waals surface area contributed by atoms with Gasteiger partial charge in [0, 0.05) is 16.7 Å². The van der Waals surface area contributed by atoms with E-state index in [1.165, 1.54) is 6.08 Å². The maximum absolute atomic E-state index is 12.9. The highest BCUT2D eigenvalue weighted by Crippen LogP contribution is 2.37. The summed E-state index contributed by atoms with van der Waals surface area (Å²) >= 11 is 12.9. The van der Waals surface area contributed by atoms with Crippen LogP contribution in [0.5, 0.6) is 0 Å². The standard InChI is InChI=1S/C21H11Cl2F3N2O2S/c22-13-3-1-2-11(8-13)17-7-5-14(30-17)10-18-19(29)28-20(31-18)27-16-9-12(21(24,25)26)4-6-15(16)23/h1-10H,(H,27,28,29). The molecule has 31 heavy (non-hydrogen) atoms. The van der Waals surface area contributed by atoms with Crippen LogP contribution >= 0.6 is 35.0 Å². The molecule has 4 nitrogen and oxygen atoms in total. The molecule has 0 spiro atoms. The molecule has 1 aromatic heterocycles. The van der Waals surface area contributed by atoms with Gasteiger partial charge >= 0.3 is 6.18 Å². The van der Waals surface area contributed by atoms with E-state index >= 15 is 0 Å². The summed E-state index contributed by atoms with van der Waals surface area (Å²) in [4.78, 5) is 16.6. The van der Waals surface area contributed by atoms with Crippen molar-refractivity contribution in [1.29, 1.82) is 0 Å². The molecule has 3 aromatic rings. The van der Waals surface area contributed by atoms with Gasteiger partial charge in [0.2, 0.25) is 0 Å². The Bertz CT molecular complexity index is 1240. The van der Waals surface area contributed by atoms with Gasteiger partial charge in [0.25, 0.3) is 5.91 Å². The Labute approximate surface area is 188 Å². The van der Waals surface area contributed by atoms with Crippen LogP contribution in [0.4, 0.5) is 18.9 Å². The Morgan fingerprint density at radius 2 is 1.87 bits per heavy atom. The average molecular weight is 483 g/mol. The first-order valence-electron chi connectivity index (χ1n) is 8.71. The van der Waals surface area contributed by atoms with Gasteiger partial charge in [-0.2, -0.15) is 13.2 Å². The zero-order chi connectivity index (χ0) is 22.2. The summed E-state index contributed by atoms with van der Waals surface area (Å²) in [7, 11) is 0. The Morgan fingerprint density at radius 1 is 1.06 bits per heavy atom. The first kappa shape index (κ1) is 21.5. The largest absolute Gasteiger partial charge is 0.457 e. The van der Waals surface area contributed by atoms with Gasteiger partial charge in [0.05, 0.1) is 21.2 Å². The minimum Gasteiger partial charge on any atom is -0.457 e. The molecule has 1 amide bonds. The van der Waals surface area contributed by atoms with E-state index in [0.29, 0.717) is 16.5 Å². The molecule has 1 saturated heterocycles. The van der Waals surface area contributed by atoms with Crippen molar-refractivity contribution in [1.82, 2.24) is 5.32 Å². The number of amides is 1. The van der Waals surface area contributed by atoms with E-state index in [1.807, 2.05) is 6.07 Å². The number of rotatable bonds is 3. The highest BCUT2D eigenvalue weighted by atomic mass is 35.5. The number of furan rings is 1. The minimum atomic E-state index is -4.53. The number of hydrogen-bond donors (Lipinski definition) is 1. The third-order valence-corrected chi connectivity index (χ3v) is 5.62. The lowest BCUT2D eigenvalue weighted by Crippen LogP contribution is -2.19. The molecule has 2 aromatic carbocycles. The molecule has 10 heteroatoms. The van der Waals surface area contributed by atoms with Crippen molar-refractivity contribution in [2.75, 3.05) is 0 Å². The normalized spacial score (nSPS) is 16.9. The first-order chi connectivity index (χ1) is 14.7. The molecule has 1 aliphatic heterocycles. The number of nitrogens with zero attached hydrogens (tertiary/aromatic N) is 1. The molecule has 0 bridgehead atoms. The maximum atomic E-state index is 12.9. The molecule has 0 aliphatic carbocycles. The van der Waals surface area contributed by atoms with Crippen LogP contribution in [0.3, 0.4) is 0 Å². The van der Waals surface area contributed by atoms with Gasteiger partial charge in [0.15, 0.2) is 5.17 Å². The number of alkyl halides is 3. The number of thioether (sulfide) groups is 1. The number of aliphatic imine (C=N–C) groups is 1. The quantitative estimate of drug-likeness (QED) is 0.402. The fraction of sp³-hybridized carbons (Fsp3) is 0.0476. The van der Waals surface area contributed by atoms with Crippen LogP contribution in [-0.4, -0.2) is 11.1 Å². The van der Waals surface area contributed by atoms with Crippen molar-refractivity contribution < 1.29 is 22.4 Å². The molecule has 0 radical (unpaired) electrons. The van der Waals surface area contributed by atoms with Crippen LogP contribution in [0.2, 0.25) is 10.0 Å². The second-order valence-corrected chi connectivity index (χ2v) is 8.23. The number of nitrogens with one attached hydrogen (secondary N) is 1. The van der Waals surface area contributed by atoms with Crippen LogP contribution in [0, 0.1) is 0 Å². The molecular weight excluding hydrogens is 472 g/mol. The molecular formula is C21H11Cl2F3N2O2S. The zero-order valence-corrected chi connectivity index (χ0v) is 17.7. The Hall–Kier alpha value is -2.68. The Morgan fingerprint density at radius 3 is 2.61 bits per heavy atom. The van der Waals surface area contributed by atoms with Gasteiger partial charge in [-0.1, -0.05) is 35.3 Å². The van der Waals surface area contributed by atoms with E-state index in [0.717, 1.165) is 35.5 Å². The number of benzene rings is 2. The fourth-order valence-corrected chi connectivity index (χ4v) is 3.89. The molecule has 1 fully saturated rings. The summed E-state index contributed by atoms with van der Waals surface area (Å²) in [5, 5.41) is 3.22. The van der Waals surface area contributed by atoms with Gasteiger partial charge in [-0.15, -0.1) is 0 Å². The summed E-state index contributed by atoms with van der Waals surface area (Å²) in [6.07, 6.45) is -3.01. The summed E-state index contributed by atoms with van der Waals surface area (Å²) in [6.45, 7) is 0. The second kappa shape index (κ2) is 8.45. The molecule has 158 valence electrons. The topological polar surface area (TPSA) is 54.6 Å². The lowest BCUT2D eigenvalue weighted by molar-refractivity contribution is -0.137. The van der Waals surface area contributed by atoms with E-state index in [9.17, 15) is 18.0 Å².